The van der Waals surface area contributed by atoms with E-state index < -0.39 is 0 Å². The topological polar surface area (TPSA) is 12.0 Å². The first kappa shape index (κ1) is 13.0. The fraction of sp³-hybridized carbons (Fsp3) is 0.600. The second kappa shape index (κ2) is 7.07. The molecule has 2 heteroatoms. The number of benzene rings is 1. The van der Waals surface area contributed by atoms with E-state index in [9.17, 15) is 0 Å². The molecule has 17 heavy (non-hydrogen) atoms. The Hall–Kier alpha value is -0.470. The highest BCUT2D eigenvalue weighted by Gasteiger charge is 2.11. The Morgan fingerprint density at radius 3 is 3.06 bits per heavy atom. The van der Waals surface area contributed by atoms with Crippen LogP contribution in [0.25, 0.3) is 0 Å². The number of rotatable bonds is 5. The SMILES string of the molecule is Cc1cccc(CSCCC2CCCCN2)c1. The Morgan fingerprint density at radius 1 is 1.35 bits per heavy atom. The van der Waals surface area contributed by atoms with E-state index in [2.05, 4.69) is 48.3 Å². The Bertz CT molecular complexity index is 331. The largest absolute Gasteiger partial charge is 0.314 e. The Labute approximate surface area is 109 Å². The summed E-state index contributed by atoms with van der Waals surface area (Å²) in [6, 6.07) is 9.65. The summed E-state index contributed by atoms with van der Waals surface area (Å²) in [6.07, 6.45) is 5.49. The monoisotopic (exact) mass is 249 g/mol. The summed E-state index contributed by atoms with van der Waals surface area (Å²) in [7, 11) is 0. The molecule has 0 spiro atoms. The molecule has 1 atom stereocenters. The second-order valence-corrected chi connectivity index (χ2v) is 6.08. The van der Waals surface area contributed by atoms with Crippen molar-refractivity contribution in [1.82, 2.24) is 5.32 Å². The first-order chi connectivity index (χ1) is 8.34. The maximum absolute atomic E-state index is 3.61. The van der Waals surface area contributed by atoms with Gasteiger partial charge in [-0.3, -0.25) is 0 Å². The van der Waals surface area contributed by atoms with Crippen LogP contribution in [0.2, 0.25) is 0 Å². The number of nitrogens with one attached hydrogen (secondary N) is 1. The number of aryl methyl sites for hydroxylation is 1. The summed E-state index contributed by atoms with van der Waals surface area (Å²) in [6.45, 7) is 3.40. The van der Waals surface area contributed by atoms with Crippen LogP contribution in [0.4, 0.5) is 0 Å². The van der Waals surface area contributed by atoms with Crippen LogP contribution in [0.3, 0.4) is 0 Å². The average molecular weight is 249 g/mol. The van der Waals surface area contributed by atoms with Crippen LogP contribution in [-0.4, -0.2) is 18.3 Å². The molecule has 0 bridgehead atoms. The van der Waals surface area contributed by atoms with Gasteiger partial charge in [0.15, 0.2) is 0 Å². The molecule has 1 aromatic rings. The quantitative estimate of drug-likeness (QED) is 0.797. The predicted molar refractivity (Wildman–Crippen MR) is 77.6 cm³/mol. The lowest BCUT2D eigenvalue weighted by Gasteiger charge is -2.23. The molecule has 1 aromatic carbocycles. The molecule has 0 aromatic heterocycles. The summed E-state index contributed by atoms with van der Waals surface area (Å²) in [5.74, 6) is 2.44. The smallest absolute Gasteiger partial charge is 0.0184 e. The molecule has 1 unspecified atom stereocenters. The van der Waals surface area contributed by atoms with Crippen LogP contribution >= 0.6 is 11.8 Å². The van der Waals surface area contributed by atoms with E-state index in [-0.39, 0.29) is 0 Å². The van der Waals surface area contributed by atoms with Crippen molar-refractivity contribution in [3.63, 3.8) is 0 Å². The Morgan fingerprint density at radius 2 is 2.29 bits per heavy atom. The third-order valence-electron chi connectivity index (χ3n) is 3.37. The van der Waals surface area contributed by atoms with Gasteiger partial charge in [0.25, 0.3) is 0 Å². The summed E-state index contributed by atoms with van der Waals surface area (Å²) in [5, 5.41) is 3.61. The van der Waals surface area contributed by atoms with E-state index in [1.165, 1.54) is 49.1 Å². The van der Waals surface area contributed by atoms with Crippen molar-refractivity contribution >= 4 is 11.8 Å². The lowest BCUT2D eigenvalue weighted by molar-refractivity contribution is 0.395. The molecule has 0 radical (unpaired) electrons. The predicted octanol–water partition coefficient (Wildman–Crippen LogP) is 3.76. The van der Waals surface area contributed by atoms with Gasteiger partial charge in [0.1, 0.15) is 0 Å². The molecular formula is C15H23NS. The first-order valence-corrected chi connectivity index (χ1v) is 7.87. The zero-order valence-corrected chi connectivity index (χ0v) is 11.6. The normalized spacial score (nSPS) is 20.4. The summed E-state index contributed by atoms with van der Waals surface area (Å²) < 4.78 is 0. The third kappa shape index (κ3) is 4.72. The zero-order valence-electron chi connectivity index (χ0n) is 10.7. The number of thioether (sulfide) groups is 1. The molecule has 1 aliphatic rings. The molecule has 1 nitrogen and oxygen atoms in total. The highest BCUT2D eigenvalue weighted by Crippen LogP contribution is 2.17. The Balaban J connectivity index is 1.62. The summed E-state index contributed by atoms with van der Waals surface area (Å²) >= 11 is 2.07. The van der Waals surface area contributed by atoms with Gasteiger partial charge in [-0.15, -0.1) is 0 Å². The lowest BCUT2D eigenvalue weighted by Crippen LogP contribution is -2.34. The van der Waals surface area contributed by atoms with Gasteiger partial charge < -0.3 is 5.32 Å². The van der Waals surface area contributed by atoms with Gasteiger partial charge in [-0.2, -0.15) is 11.8 Å². The van der Waals surface area contributed by atoms with Gasteiger partial charge in [0, 0.05) is 11.8 Å². The van der Waals surface area contributed by atoms with E-state index >= 15 is 0 Å². The number of hydrogen-bond acceptors (Lipinski definition) is 2. The summed E-state index contributed by atoms with van der Waals surface area (Å²) in [4.78, 5) is 0. The molecular weight excluding hydrogens is 226 g/mol. The molecule has 1 saturated heterocycles. The minimum Gasteiger partial charge on any atom is -0.314 e. The maximum Gasteiger partial charge on any atom is 0.0184 e. The van der Waals surface area contributed by atoms with Crippen LogP contribution in [0.5, 0.6) is 0 Å². The maximum atomic E-state index is 3.61. The van der Waals surface area contributed by atoms with Crippen LogP contribution in [0.1, 0.15) is 36.8 Å². The zero-order chi connectivity index (χ0) is 11.9. The molecule has 0 saturated carbocycles. The molecule has 2 rings (SSSR count). The van der Waals surface area contributed by atoms with Gasteiger partial charge in [0.05, 0.1) is 0 Å². The number of hydrogen-bond donors (Lipinski definition) is 1. The summed E-state index contributed by atoms with van der Waals surface area (Å²) in [5.41, 5.74) is 2.84. The van der Waals surface area contributed by atoms with Gasteiger partial charge in [-0.1, -0.05) is 36.2 Å². The molecule has 1 N–H and O–H groups in total. The van der Waals surface area contributed by atoms with E-state index in [4.69, 9.17) is 0 Å². The van der Waals surface area contributed by atoms with Gasteiger partial charge in [-0.25, -0.2) is 0 Å². The van der Waals surface area contributed by atoms with E-state index in [0.717, 1.165) is 11.8 Å². The molecule has 94 valence electrons. The van der Waals surface area contributed by atoms with Crippen LogP contribution in [-0.2, 0) is 5.75 Å². The fourth-order valence-corrected chi connectivity index (χ4v) is 3.40. The standard InChI is InChI=1S/C15H23NS/c1-13-5-4-6-14(11-13)12-17-10-8-15-7-2-3-9-16-15/h4-6,11,15-16H,2-3,7-10,12H2,1H3. The first-order valence-electron chi connectivity index (χ1n) is 6.71. The van der Waals surface area contributed by atoms with Crippen LogP contribution in [0, 0.1) is 6.92 Å². The molecule has 1 heterocycles. The van der Waals surface area contributed by atoms with Gasteiger partial charge >= 0.3 is 0 Å². The van der Waals surface area contributed by atoms with Crippen LogP contribution < -0.4 is 5.32 Å². The van der Waals surface area contributed by atoms with Crippen molar-refractivity contribution in [2.24, 2.45) is 0 Å². The van der Waals surface area contributed by atoms with Crippen molar-refractivity contribution in [2.75, 3.05) is 12.3 Å². The lowest BCUT2D eigenvalue weighted by atomic mass is 10.0. The minimum atomic E-state index is 0.786. The van der Waals surface area contributed by atoms with Crippen molar-refractivity contribution in [3.05, 3.63) is 35.4 Å². The Kier molecular flexibility index (Phi) is 5.40. The highest BCUT2D eigenvalue weighted by molar-refractivity contribution is 7.98. The second-order valence-electron chi connectivity index (χ2n) is 4.98. The van der Waals surface area contributed by atoms with E-state index in [1.807, 2.05) is 0 Å². The van der Waals surface area contributed by atoms with Crippen molar-refractivity contribution in [1.29, 1.82) is 0 Å². The van der Waals surface area contributed by atoms with E-state index in [0.29, 0.717) is 0 Å². The third-order valence-corrected chi connectivity index (χ3v) is 4.44. The molecule has 1 fully saturated rings. The van der Waals surface area contributed by atoms with Crippen molar-refractivity contribution < 1.29 is 0 Å². The molecule has 0 amide bonds. The van der Waals surface area contributed by atoms with Crippen molar-refractivity contribution in [3.8, 4) is 0 Å². The van der Waals surface area contributed by atoms with Gasteiger partial charge in [0.2, 0.25) is 0 Å². The minimum absolute atomic E-state index is 0.786. The molecule has 1 aliphatic heterocycles. The average Bonchev–Trinajstić information content (AvgIpc) is 2.36. The number of piperidine rings is 1. The van der Waals surface area contributed by atoms with Crippen LogP contribution in [0.15, 0.2) is 24.3 Å². The fourth-order valence-electron chi connectivity index (χ4n) is 2.39. The van der Waals surface area contributed by atoms with E-state index in [1.54, 1.807) is 0 Å². The highest BCUT2D eigenvalue weighted by atomic mass is 32.2. The van der Waals surface area contributed by atoms with Gasteiger partial charge in [-0.05, 0) is 44.0 Å². The van der Waals surface area contributed by atoms with Crippen molar-refractivity contribution in [2.45, 2.75) is 44.4 Å². The molecule has 0 aliphatic carbocycles.